The number of rotatable bonds is 6. The molecule has 0 unspecified atom stereocenters. The summed E-state index contributed by atoms with van der Waals surface area (Å²) in [6.07, 6.45) is 6.55. The van der Waals surface area contributed by atoms with Gasteiger partial charge in [0.1, 0.15) is 6.61 Å². The van der Waals surface area contributed by atoms with Crippen molar-refractivity contribution in [1.29, 1.82) is 0 Å². The van der Waals surface area contributed by atoms with Gasteiger partial charge in [-0.05, 0) is 59.7 Å². The number of benzene rings is 2. The fourth-order valence-corrected chi connectivity index (χ4v) is 4.88. The topological polar surface area (TPSA) is 68.2 Å². The smallest absolute Gasteiger partial charge is 0.254 e. The monoisotopic (exact) mass is 436 g/mol. The maximum atomic E-state index is 12.7. The Morgan fingerprint density at radius 3 is 2.35 bits per heavy atom. The van der Waals surface area contributed by atoms with Gasteiger partial charge < -0.3 is 9.47 Å². The van der Waals surface area contributed by atoms with E-state index in [1.165, 1.54) is 6.21 Å². The number of hydrogen-bond donors (Lipinski definition) is 0. The molecule has 2 bridgehead atoms. The van der Waals surface area contributed by atoms with Gasteiger partial charge in [-0.2, -0.15) is 10.1 Å². The van der Waals surface area contributed by atoms with Crippen LogP contribution in [0.3, 0.4) is 0 Å². The SMILES string of the molecule is COc1cc(/C=N\N2C(=O)[C@H]3[C@H](C2=O)[C@H]2C=C[C@H]3C2)ccc1OCc1ccc(Cl)cc1. The van der Waals surface area contributed by atoms with Crippen molar-refractivity contribution in [1.82, 2.24) is 5.01 Å². The minimum Gasteiger partial charge on any atom is -0.493 e. The molecule has 4 atom stereocenters. The normalized spacial score (nSPS) is 26.2. The van der Waals surface area contributed by atoms with Gasteiger partial charge >= 0.3 is 0 Å². The molecule has 0 N–H and O–H groups in total. The van der Waals surface area contributed by atoms with Crippen molar-refractivity contribution < 1.29 is 19.1 Å². The van der Waals surface area contributed by atoms with Crippen LogP contribution in [0.4, 0.5) is 0 Å². The number of methoxy groups -OCH3 is 1. The highest BCUT2D eigenvalue weighted by Crippen LogP contribution is 2.52. The van der Waals surface area contributed by atoms with E-state index >= 15 is 0 Å². The molecule has 2 amide bonds. The van der Waals surface area contributed by atoms with Crippen molar-refractivity contribution in [3.05, 3.63) is 70.8 Å². The molecule has 2 aliphatic carbocycles. The lowest BCUT2D eigenvalue weighted by Gasteiger charge is -2.13. The summed E-state index contributed by atoms with van der Waals surface area (Å²) < 4.78 is 11.3. The average molecular weight is 437 g/mol. The van der Waals surface area contributed by atoms with E-state index in [1.807, 2.05) is 24.3 Å². The summed E-state index contributed by atoms with van der Waals surface area (Å²) in [5, 5.41) is 5.93. The van der Waals surface area contributed by atoms with Crippen LogP contribution in [0.25, 0.3) is 0 Å². The Morgan fingerprint density at radius 2 is 1.71 bits per heavy atom. The first-order valence-corrected chi connectivity index (χ1v) is 10.6. The van der Waals surface area contributed by atoms with Crippen LogP contribution in [0.1, 0.15) is 17.5 Å². The Balaban J connectivity index is 1.29. The number of fused-ring (bicyclic) bond motifs is 5. The van der Waals surface area contributed by atoms with Crippen LogP contribution in [0, 0.1) is 23.7 Å². The second kappa shape index (κ2) is 7.85. The van der Waals surface area contributed by atoms with Crippen LogP contribution in [-0.4, -0.2) is 30.1 Å². The fraction of sp³-hybridized carbons (Fsp3) is 0.292. The molecule has 6 nitrogen and oxygen atoms in total. The first-order valence-electron chi connectivity index (χ1n) is 10.2. The lowest BCUT2D eigenvalue weighted by Crippen LogP contribution is -2.28. The molecular formula is C24H21ClN2O4. The van der Waals surface area contributed by atoms with Gasteiger partial charge in [-0.15, -0.1) is 0 Å². The van der Waals surface area contributed by atoms with E-state index in [9.17, 15) is 9.59 Å². The molecule has 5 rings (SSSR count). The van der Waals surface area contributed by atoms with E-state index in [2.05, 4.69) is 17.3 Å². The number of nitrogens with zero attached hydrogens (tertiary/aromatic N) is 2. The van der Waals surface area contributed by atoms with Crippen molar-refractivity contribution >= 4 is 29.6 Å². The Labute approximate surface area is 185 Å². The standard InChI is InChI=1S/C24H21ClN2O4/c1-30-20-10-15(4-9-19(20)31-13-14-2-7-18(25)8-3-14)12-26-27-23(28)21-16-5-6-17(11-16)22(21)24(27)29/h2-10,12,16-17,21-22H,11,13H2,1H3/b26-12-/t16-,17-,21+,22+/m0/s1. The van der Waals surface area contributed by atoms with E-state index in [1.54, 1.807) is 25.3 Å². The summed E-state index contributed by atoms with van der Waals surface area (Å²) in [6.45, 7) is 0.372. The average Bonchev–Trinajstić information content (AvgIpc) is 3.46. The molecule has 0 aromatic heterocycles. The third-order valence-electron chi connectivity index (χ3n) is 6.26. The zero-order valence-electron chi connectivity index (χ0n) is 16.9. The highest BCUT2D eigenvalue weighted by molar-refractivity contribution is 6.30. The second-order valence-corrected chi connectivity index (χ2v) is 8.49. The first-order chi connectivity index (χ1) is 15.0. The number of carbonyl (C=O) groups excluding carboxylic acids is 2. The maximum Gasteiger partial charge on any atom is 0.254 e. The number of halogens is 1. The van der Waals surface area contributed by atoms with E-state index in [-0.39, 0.29) is 35.5 Å². The van der Waals surface area contributed by atoms with Gasteiger partial charge in [-0.3, -0.25) is 9.59 Å². The van der Waals surface area contributed by atoms with Crippen molar-refractivity contribution in [2.45, 2.75) is 13.0 Å². The molecule has 1 aliphatic heterocycles. The van der Waals surface area contributed by atoms with Gasteiger partial charge in [-0.25, -0.2) is 0 Å². The molecular weight excluding hydrogens is 416 g/mol. The molecule has 0 radical (unpaired) electrons. The summed E-state index contributed by atoms with van der Waals surface area (Å²) in [4.78, 5) is 25.5. The van der Waals surface area contributed by atoms with E-state index in [0.717, 1.165) is 17.0 Å². The Hall–Kier alpha value is -3.12. The zero-order valence-corrected chi connectivity index (χ0v) is 17.7. The number of allylic oxidation sites excluding steroid dienone is 2. The molecule has 2 aromatic rings. The minimum absolute atomic E-state index is 0.170. The highest BCUT2D eigenvalue weighted by atomic mass is 35.5. The summed E-state index contributed by atoms with van der Waals surface area (Å²) in [7, 11) is 1.56. The predicted molar refractivity (Wildman–Crippen MR) is 116 cm³/mol. The van der Waals surface area contributed by atoms with Crippen LogP contribution in [0.15, 0.2) is 59.7 Å². The van der Waals surface area contributed by atoms with Crippen LogP contribution in [0.5, 0.6) is 11.5 Å². The number of carbonyl (C=O) groups is 2. The molecule has 158 valence electrons. The third kappa shape index (κ3) is 3.51. The maximum absolute atomic E-state index is 12.7. The van der Waals surface area contributed by atoms with Crippen LogP contribution >= 0.6 is 11.6 Å². The Kier molecular flexibility index (Phi) is 5.02. The summed E-state index contributed by atoms with van der Waals surface area (Å²) in [5.74, 6) is 0.565. The first kappa shape index (κ1) is 19.8. The summed E-state index contributed by atoms with van der Waals surface area (Å²) >= 11 is 5.91. The van der Waals surface area contributed by atoms with Crippen LogP contribution < -0.4 is 9.47 Å². The lowest BCUT2D eigenvalue weighted by atomic mass is 9.85. The van der Waals surface area contributed by atoms with Crippen molar-refractivity contribution in [3.63, 3.8) is 0 Å². The highest BCUT2D eigenvalue weighted by Gasteiger charge is 2.59. The van der Waals surface area contributed by atoms with Crippen molar-refractivity contribution in [3.8, 4) is 11.5 Å². The molecule has 1 heterocycles. The van der Waals surface area contributed by atoms with Gasteiger partial charge in [-0.1, -0.05) is 35.9 Å². The molecule has 7 heteroatoms. The van der Waals surface area contributed by atoms with Crippen molar-refractivity contribution in [2.75, 3.05) is 7.11 Å². The van der Waals surface area contributed by atoms with E-state index in [0.29, 0.717) is 28.7 Å². The number of hydrazone groups is 1. The molecule has 2 aromatic carbocycles. The number of ether oxygens (including phenoxy) is 2. The Bertz CT molecular complexity index is 1070. The van der Waals surface area contributed by atoms with Gasteiger partial charge in [0.25, 0.3) is 11.8 Å². The molecule has 1 saturated heterocycles. The fourth-order valence-electron chi connectivity index (χ4n) is 4.75. The number of amides is 2. The van der Waals surface area contributed by atoms with Gasteiger partial charge in [0.15, 0.2) is 11.5 Å². The molecule has 0 spiro atoms. The second-order valence-electron chi connectivity index (χ2n) is 8.06. The van der Waals surface area contributed by atoms with Crippen LogP contribution in [-0.2, 0) is 16.2 Å². The number of hydrogen-bond acceptors (Lipinski definition) is 5. The summed E-state index contributed by atoms with van der Waals surface area (Å²) in [5.41, 5.74) is 1.69. The molecule has 3 aliphatic rings. The summed E-state index contributed by atoms with van der Waals surface area (Å²) in [6, 6.07) is 12.8. The third-order valence-corrected chi connectivity index (χ3v) is 6.52. The number of imide groups is 1. The van der Waals surface area contributed by atoms with Gasteiger partial charge in [0.05, 0.1) is 25.2 Å². The van der Waals surface area contributed by atoms with E-state index in [4.69, 9.17) is 21.1 Å². The van der Waals surface area contributed by atoms with Gasteiger partial charge in [0, 0.05) is 5.02 Å². The molecule has 31 heavy (non-hydrogen) atoms. The molecule has 1 saturated carbocycles. The molecule has 2 fully saturated rings. The Morgan fingerprint density at radius 1 is 1.03 bits per heavy atom. The predicted octanol–water partition coefficient (Wildman–Crippen LogP) is 4.07. The quantitative estimate of drug-likeness (QED) is 0.389. The van der Waals surface area contributed by atoms with Crippen molar-refractivity contribution in [2.24, 2.45) is 28.8 Å². The van der Waals surface area contributed by atoms with Gasteiger partial charge in [0.2, 0.25) is 0 Å². The van der Waals surface area contributed by atoms with Crippen LogP contribution in [0.2, 0.25) is 5.02 Å². The largest absolute Gasteiger partial charge is 0.493 e. The lowest BCUT2D eigenvalue weighted by molar-refractivity contribution is -0.140. The minimum atomic E-state index is -0.252. The van der Waals surface area contributed by atoms with E-state index < -0.39 is 0 Å². The zero-order chi connectivity index (χ0) is 21.5.